The van der Waals surface area contributed by atoms with Crippen LogP contribution in [0.25, 0.3) is 0 Å². The predicted molar refractivity (Wildman–Crippen MR) is 77.6 cm³/mol. The van der Waals surface area contributed by atoms with Gasteiger partial charge in [0, 0.05) is 0 Å². The van der Waals surface area contributed by atoms with Crippen LogP contribution in [0.15, 0.2) is 18.2 Å². The Kier molecular flexibility index (Phi) is 6.40. The molecule has 23 heavy (non-hydrogen) atoms. The van der Waals surface area contributed by atoms with E-state index >= 15 is 0 Å². The molecule has 0 saturated heterocycles. The molecule has 0 fully saturated rings. The quantitative estimate of drug-likeness (QED) is 0.643. The number of hydrogen-bond donors (Lipinski definition) is 2. The van der Waals surface area contributed by atoms with E-state index in [-0.39, 0.29) is 12.1 Å². The highest BCUT2D eigenvalue weighted by Gasteiger charge is 2.36. The largest absolute Gasteiger partial charge is 0.462 e. The summed E-state index contributed by atoms with van der Waals surface area (Å²) in [6.45, 7) is 1.66. The molecule has 3 N–H and O–H groups in total. The molecule has 1 aromatic carbocycles. The number of benzene rings is 1. The van der Waals surface area contributed by atoms with E-state index in [0.717, 1.165) is 13.2 Å². The fourth-order valence-electron chi connectivity index (χ4n) is 1.96. The van der Waals surface area contributed by atoms with Gasteiger partial charge in [-0.1, -0.05) is 30.7 Å². The summed E-state index contributed by atoms with van der Waals surface area (Å²) in [6, 6.07) is 2.37. The molecule has 128 valence electrons. The zero-order valence-electron chi connectivity index (χ0n) is 12.4. The van der Waals surface area contributed by atoms with Crippen LogP contribution >= 0.6 is 11.6 Å². The molecule has 0 aliphatic carbocycles. The van der Waals surface area contributed by atoms with Crippen molar-refractivity contribution in [1.82, 2.24) is 5.32 Å². The minimum absolute atomic E-state index is 0.0247. The first-order valence-corrected chi connectivity index (χ1v) is 6.95. The number of carbonyl (C=O) groups is 2. The Morgan fingerprint density at radius 1 is 1.39 bits per heavy atom. The molecular weight excluding hydrogens is 337 g/mol. The average Bonchev–Trinajstić information content (AvgIpc) is 2.50. The number of amides is 1. The number of halogens is 4. The molecule has 0 aliphatic heterocycles. The molecule has 5 nitrogen and oxygen atoms in total. The minimum atomic E-state index is -4.64. The van der Waals surface area contributed by atoms with Crippen LogP contribution < -0.4 is 11.1 Å². The van der Waals surface area contributed by atoms with Crippen molar-refractivity contribution in [1.29, 1.82) is 0 Å². The zero-order chi connectivity index (χ0) is 17.8. The molecule has 1 amide bonds. The van der Waals surface area contributed by atoms with Gasteiger partial charge in [-0.05, 0) is 24.1 Å². The summed E-state index contributed by atoms with van der Waals surface area (Å²) in [5.41, 5.74) is 4.53. The van der Waals surface area contributed by atoms with Crippen molar-refractivity contribution < 1.29 is 27.5 Å². The van der Waals surface area contributed by atoms with Gasteiger partial charge in [0.25, 0.3) is 0 Å². The number of nitrogens with two attached hydrogens (primary N) is 1. The Morgan fingerprint density at radius 3 is 2.48 bits per heavy atom. The highest BCUT2D eigenvalue weighted by molar-refractivity contribution is 6.33. The topological polar surface area (TPSA) is 81.4 Å². The SMILES string of the molecule is COC(=O)C(=O)NC(c1cccc(C(F)(F)F)c1Cl)C(C)CN. The third-order valence-corrected chi connectivity index (χ3v) is 3.69. The van der Waals surface area contributed by atoms with Crippen molar-refractivity contribution in [2.75, 3.05) is 13.7 Å². The number of ether oxygens (including phenoxy) is 1. The number of rotatable bonds is 4. The number of hydrogen-bond acceptors (Lipinski definition) is 4. The van der Waals surface area contributed by atoms with Gasteiger partial charge in [0.15, 0.2) is 0 Å². The summed E-state index contributed by atoms with van der Waals surface area (Å²) in [7, 11) is 1.01. The van der Waals surface area contributed by atoms with Gasteiger partial charge >= 0.3 is 18.1 Å². The van der Waals surface area contributed by atoms with E-state index in [1.165, 1.54) is 12.1 Å². The maximum absolute atomic E-state index is 12.9. The Bertz CT molecular complexity index is 593. The van der Waals surface area contributed by atoms with Crippen LogP contribution in [0.2, 0.25) is 5.02 Å². The van der Waals surface area contributed by atoms with Crippen molar-refractivity contribution in [3.05, 3.63) is 34.3 Å². The molecule has 2 atom stereocenters. The third kappa shape index (κ3) is 4.59. The monoisotopic (exact) mass is 352 g/mol. The lowest BCUT2D eigenvalue weighted by Gasteiger charge is -2.26. The van der Waals surface area contributed by atoms with Crippen molar-refractivity contribution in [3.8, 4) is 0 Å². The van der Waals surface area contributed by atoms with Gasteiger partial charge in [-0.3, -0.25) is 4.79 Å². The second kappa shape index (κ2) is 7.65. The van der Waals surface area contributed by atoms with Gasteiger partial charge in [-0.25, -0.2) is 4.79 Å². The molecule has 0 radical (unpaired) electrons. The maximum Gasteiger partial charge on any atom is 0.417 e. The van der Waals surface area contributed by atoms with E-state index in [1.807, 2.05) is 0 Å². The van der Waals surface area contributed by atoms with Crippen molar-refractivity contribution in [2.24, 2.45) is 11.7 Å². The number of esters is 1. The van der Waals surface area contributed by atoms with E-state index in [1.54, 1.807) is 6.92 Å². The van der Waals surface area contributed by atoms with Gasteiger partial charge in [-0.2, -0.15) is 13.2 Å². The van der Waals surface area contributed by atoms with Crippen molar-refractivity contribution >= 4 is 23.5 Å². The van der Waals surface area contributed by atoms with Crippen molar-refractivity contribution in [3.63, 3.8) is 0 Å². The van der Waals surface area contributed by atoms with Crippen LogP contribution in [0.3, 0.4) is 0 Å². The maximum atomic E-state index is 12.9. The van der Waals surface area contributed by atoms with Gasteiger partial charge in [0.05, 0.1) is 23.7 Å². The lowest BCUT2D eigenvalue weighted by atomic mass is 9.93. The number of nitrogens with one attached hydrogen (secondary N) is 1. The highest BCUT2D eigenvalue weighted by Crippen LogP contribution is 2.39. The molecule has 0 heterocycles. The Hall–Kier alpha value is -1.80. The minimum Gasteiger partial charge on any atom is -0.462 e. The first-order chi connectivity index (χ1) is 10.6. The van der Waals surface area contributed by atoms with Crippen LogP contribution in [0.5, 0.6) is 0 Å². The van der Waals surface area contributed by atoms with Gasteiger partial charge < -0.3 is 15.8 Å². The molecule has 0 spiro atoms. The summed E-state index contributed by atoms with van der Waals surface area (Å²) in [5.74, 6) is -2.72. The molecule has 0 bridgehead atoms. The van der Waals surface area contributed by atoms with E-state index in [9.17, 15) is 22.8 Å². The van der Waals surface area contributed by atoms with Crippen LogP contribution in [-0.2, 0) is 20.5 Å². The first-order valence-electron chi connectivity index (χ1n) is 6.58. The zero-order valence-corrected chi connectivity index (χ0v) is 13.2. The Morgan fingerprint density at radius 2 is 2.00 bits per heavy atom. The standard InChI is InChI=1S/C14H16ClF3N2O3/c1-7(6-19)11(20-12(21)13(22)23-2)8-4-3-5-9(10(8)15)14(16,17)18/h3-5,7,11H,6,19H2,1-2H3,(H,20,21). The average molecular weight is 353 g/mol. The number of methoxy groups -OCH3 is 1. The lowest BCUT2D eigenvalue weighted by Crippen LogP contribution is -2.39. The van der Waals surface area contributed by atoms with Gasteiger partial charge in [0.2, 0.25) is 0 Å². The molecular formula is C14H16ClF3N2O3. The van der Waals surface area contributed by atoms with Crippen LogP contribution in [0, 0.1) is 5.92 Å². The lowest BCUT2D eigenvalue weighted by molar-refractivity contribution is -0.153. The van der Waals surface area contributed by atoms with E-state index in [0.29, 0.717) is 0 Å². The smallest absolute Gasteiger partial charge is 0.417 e. The molecule has 1 aromatic rings. The molecule has 2 unspecified atom stereocenters. The Balaban J connectivity index is 3.29. The normalized spacial score (nSPS) is 14.0. The first kappa shape index (κ1) is 19.2. The number of alkyl halides is 3. The van der Waals surface area contributed by atoms with E-state index in [4.69, 9.17) is 17.3 Å². The molecule has 0 saturated carbocycles. The summed E-state index contributed by atoms with van der Waals surface area (Å²) in [5, 5.41) is 1.76. The second-order valence-electron chi connectivity index (χ2n) is 4.86. The Labute approximate surface area is 135 Å². The molecule has 9 heteroatoms. The molecule has 0 aliphatic rings. The molecule has 1 rings (SSSR count). The number of carbonyl (C=O) groups excluding carboxylic acids is 2. The predicted octanol–water partition coefficient (Wildman–Crippen LogP) is 2.28. The fourth-order valence-corrected chi connectivity index (χ4v) is 2.32. The van der Waals surface area contributed by atoms with E-state index in [2.05, 4.69) is 10.1 Å². The van der Waals surface area contributed by atoms with Crippen LogP contribution in [-0.4, -0.2) is 25.5 Å². The molecule has 0 aromatic heterocycles. The fraction of sp³-hybridized carbons (Fsp3) is 0.429. The van der Waals surface area contributed by atoms with Gasteiger partial charge in [0.1, 0.15) is 0 Å². The van der Waals surface area contributed by atoms with E-state index < -0.39 is 40.6 Å². The van der Waals surface area contributed by atoms with Crippen LogP contribution in [0.1, 0.15) is 24.1 Å². The third-order valence-electron chi connectivity index (χ3n) is 3.27. The summed E-state index contributed by atoms with van der Waals surface area (Å²) >= 11 is 5.86. The van der Waals surface area contributed by atoms with Crippen molar-refractivity contribution in [2.45, 2.75) is 19.1 Å². The van der Waals surface area contributed by atoms with Gasteiger partial charge in [-0.15, -0.1) is 0 Å². The van der Waals surface area contributed by atoms with Crippen LogP contribution in [0.4, 0.5) is 13.2 Å². The second-order valence-corrected chi connectivity index (χ2v) is 5.24. The summed E-state index contributed by atoms with van der Waals surface area (Å²) in [4.78, 5) is 22.9. The summed E-state index contributed by atoms with van der Waals surface area (Å²) in [6.07, 6.45) is -4.64. The summed E-state index contributed by atoms with van der Waals surface area (Å²) < 4.78 is 43.1. The highest BCUT2D eigenvalue weighted by atomic mass is 35.5.